The quantitative estimate of drug-likeness (QED) is 0.479. The zero-order valence-corrected chi connectivity index (χ0v) is 13.7. The Bertz CT molecular complexity index is 278. The average Bonchev–Trinajstić information content (AvgIpc) is 2.45. The highest BCUT2D eigenvalue weighted by atomic mass is 16.6. The summed E-state index contributed by atoms with van der Waals surface area (Å²) in [6.07, 6.45) is 11.8. The lowest BCUT2D eigenvalue weighted by atomic mass is 9.86. The van der Waals surface area contributed by atoms with E-state index in [1.165, 1.54) is 38.5 Å². The van der Waals surface area contributed by atoms with Gasteiger partial charge in [0.1, 0.15) is 6.10 Å². The third-order valence-electron chi connectivity index (χ3n) is 4.38. The van der Waals surface area contributed by atoms with Crippen LogP contribution in [0.25, 0.3) is 0 Å². The first-order valence-corrected chi connectivity index (χ1v) is 8.84. The molecule has 3 nitrogen and oxygen atoms in total. The van der Waals surface area contributed by atoms with Crippen molar-refractivity contribution >= 4 is 5.97 Å². The van der Waals surface area contributed by atoms with Gasteiger partial charge in [-0.3, -0.25) is 4.79 Å². The van der Waals surface area contributed by atoms with E-state index in [9.17, 15) is 9.90 Å². The van der Waals surface area contributed by atoms with Crippen LogP contribution in [0.3, 0.4) is 0 Å². The maximum Gasteiger partial charge on any atom is 0.306 e. The highest BCUT2D eigenvalue weighted by molar-refractivity contribution is 5.69. The summed E-state index contributed by atoms with van der Waals surface area (Å²) < 4.78 is 5.39. The van der Waals surface area contributed by atoms with Gasteiger partial charge in [0, 0.05) is 6.42 Å². The predicted octanol–water partition coefficient (Wildman–Crippen LogP) is 4.42. The highest BCUT2D eigenvalue weighted by Crippen LogP contribution is 2.26. The minimum Gasteiger partial charge on any atom is -0.460 e. The number of ether oxygens (including phenoxy) is 1. The molecule has 1 fully saturated rings. The summed E-state index contributed by atoms with van der Waals surface area (Å²) in [5, 5.41) is 9.88. The van der Waals surface area contributed by atoms with E-state index in [2.05, 4.69) is 13.8 Å². The topological polar surface area (TPSA) is 46.5 Å². The van der Waals surface area contributed by atoms with Crippen molar-refractivity contribution in [3.63, 3.8) is 0 Å². The van der Waals surface area contributed by atoms with Gasteiger partial charge in [-0.2, -0.15) is 0 Å². The van der Waals surface area contributed by atoms with Crippen LogP contribution in [-0.4, -0.2) is 23.3 Å². The summed E-state index contributed by atoms with van der Waals surface area (Å²) in [5.41, 5.74) is 0. The van der Waals surface area contributed by atoms with E-state index in [1.54, 1.807) is 0 Å². The first-order chi connectivity index (χ1) is 10.1. The molecule has 0 amide bonds. The standard InChI is InChI=1S/C18H33O3/c1-3-4-5-6-7-8-9-10-11-18(20)21-17-13-12-15(2)14-16(17)19/h15-17,19H,2-14H2,1H3. The molecule has 0 aromatic rings. The molecule has 0 spiro atoms. The van der Waals surface area contributed by atoms with Gasteiger partial charge in [-0.15, -0.1) is 0 Å². The maximum atomic E-state index is 11.8. The third-order valence-corrected chi connectivity index (χ3v) is 4.38. The minimum atomic E-state index is -0.524. The second-order valence-electron chi connectivity index (χ2n) is 6.50. The van der Waals surface area contributed by atoms with Crippen molar-refractivity contribution in [3.05, 3.63) is 6.92 Å². The van der Waals surface area contributed by atoms with Crippen LogP contribution in [-0.2, 0) is 9.53 Å². The minimum absolute atomic E-state index is 0.146. The number of hydrogen-bond donors (Lipinski definition) is 1. The number of carbonyl (C=O) groups excluding carboxylic acids is 1. The van der Waals surface area contributed by atoms with Crippen LogP contribution in [0.2, 0.25) is 0 Å². The number of aliphatic hydroxyl groups excluding tert-OH is 1. The van der Waals surface area contributed by atoms with E-state index >= 15 is 0 Å². The highest BCUT2D eigenvalue weighted by Gasteiger charge is 2.29. The lowest BCUT2D eigenvalue weighted by Gasteiger charge is -2.30. The largest absolute Gasteiger partial charge is 0.460 e. The molecule has 1 N–H and O–H groups in total. The predicted molar refractivity (Wildman–Crippen MR) is 85.8 cm³/mol. The van der Waals surface area contributed by atoms with Crippen molar-refractivity contribution in [1.29, 1.82) is 0 Å². The average molecular weight is 297 g/mol. The number of rotatable bonds is 10. The van der Waals surface area contributed by atoms with Crippen LogP contribution in [0.15, 0.2) is 0 Å². The third kappa shape index (κ3) is 8.45. The SMILES string of the molecule is [CH2]C1CCC(OC(=O)CCCCCCCCCC)C(O)C1. The fourth-order valence-corrected chi connectivity index (χ4v) is 2.97. The molecule has 0 aromatic heterocycles. The van der Waals surface area contributed by atoms with Crippen LogP contribution in [0, 0.1) is 12.8 Å². The normalized spacial score (nSPS) is 25.8. The molecule has 0 bridgehead atoms. The summed E-state index contributed by atoms with van der Waals surface area (Å²) in [5.74, 6) is 0.148. The van der Waals surface area contributed by atoms with Crippen LogP contribution in [0.4, 0.5) is 0 Å². The van der Waals surface area contributed by atoms with Crippen molar-refractivity contribution in [3.8, 4) is 0 Å². The molecule has 3 atom stereocenters. The van der Waals surface area contributed by atoms with Crippen molar-refractivity contribution < 1.29 is 14.6 Å². The van der Waals surface area contributed by atoms with E-state index < -0.39 is 6.10 Å². The molecule has 0 aromatic carbocycles. The Labute approximate surface area is 130 Å². The van der Waals surface area contributed by atoms with Crippen LogP contribution in [0.1, 0.15) is 84.0 Å². The molecule has 123 valence electrons. The number of unbranched alkanes of at least 4 members (excludes halogenated alkanes) is 7. The van der Waals surface area contributed by atoms with E-state index in [1.807, 2.05) is 0 Å². The fraction of sp³-hybridized carbons (Fsp3) is 0.889. The molecule has 1 saturated carbocycles. The molecule has 1 aliphatic carbocycles. The molecule has 0 heterocycles. The Hall–Kier alpha value is -0.570. The summed E-state index contributed by atoms with van der Waals surface area (Å²) in [4.78, 5) is 11.8. The Morgan fingerprint density at radius 3 is 2.33 bits per heavy atom. The van der Waals surface area contributed by atoms with E-state index in [-0.39, 0.29) is 12.1 Å². The van der Waals surface area contributed by atoms with Gasteiger partial charge >= 0.3 is 5.97 Å². The van der Waals surface area contributed by atoms with Gasteiger partial charge in [-0.1, -0.05) is 58.8 Å². The Balaban J connectivity index is 1.99. The van der Waals surface area contributed by atoms with Gasteiger partial charge in [-0.05, 0) is 31.6 Å². The van der Waals surface area contributed by atoms with Crippen LogP contribution < -0.4 is 0 Å². The molecule has 3 heteroatoms. The lowest BCUT2D eigenvalue weighted by molar-refractivity contribution is -0.158. The molecule has 0 saturated heterocycles. The lowest BCUT2D eigenvalue weighted by Crippen LogP contribution is -2.36. The van der Waals surface area contributed by atoms with Gasteiger partial charge in [0.2, 0.25) is 0 Å². The molecule has 1 radical (unpaired) electrons. The summed E-state index contributed by atoms with van der Waals surface area (Å²) in [6.45, 7) is 6.19. The maximum absolute atomic E-state index is 11.8. The Morgan fingerprint density at radius 2 is 1.71 bits per heavy atom. The zero-order valence-electron chi connectivity index (χ0n) is 13.7. The van der Waals surface area contributed by atoms with Gasteiger partial charge in [0.25, 0.3) is 0 Å². The van der Waals surface area contributed by atoms with Gasteiger partial charge in [-0.25, -0.2) is 0 Å². The molecule has 1 aliphatic rings. The van der Waals surface area contributed by atoms with Gasteiger partial charge in [0.05, 0.1) is 6.10 Å². The van der Waals surface area contributed by atoms with E-state index in [4.69, 9.17) is 4.74 Å². The van der Waals surface area contributed by atoms with Crippen molar-refractivity contribution in [1.82, 2.24) is 0 Å². The Morgan fingerprint density at radius 1 is 1.10 bits per heavy atom. The summed E-state index contributed by atoms with van der Waals surface area (Å²) in [7, 11) is 0. The Kier molecular flexibility index (Phi) is 9.73. The second kappa shape index (κ2) is 11.1. The number of aliphatic hydroxyl groups is 1. The summed E-state index contributed by atoms with van der Waals surface area (Å²) in [6, 6.07) is 0. The number of esters is 1. The zero-order chi connectivity index (χ0) is 15.5. The smallest absolute Gasteiger partial charge is 0.306 e. The molecule has 21 heavy (non-hydrogen) atoms. The first kappa shape index (κ1) is 18.5. The molecular formula is C18H33O3. The van der Waals surface area contributed by atoms with Gasteiger partial charge in [0.15, 0.2) is 0 Å². The summed E-state index contributed by atoms with van der Waals surface area (Å²) >= 11 is 0. The molecular weight excluding hydrogens is 264 g/mol. The number of carbonyl (C=O) groups is 1. The van der Waals surface area contributed by atoms with Crippen molar-refractivity contribution in [2.75, 3.05) is 0 Å². The van der Waals surface area contributed by atoms with E-state index in [0.29, 0.717) is 18.8 Å². The number of hydrogen-bond acceptors (Lipinski definition) is 3. The van der Waals surface area contributed by atoms with Crippen LogP contribution in [0.5, 0.6) is 0 Å². The second-order valence-corrected chi connectivity index (χ2v) is 6.50. The van der Waals surface area contributed by atoms with Crippen molar-refractivity contribution in [2.45, 2.75) is 96.2 Å². The monoisotopic (exact) mass is 297 g/mol. The van der Waals surface area contributed by atoms with Gasteiger partial charge < -0.3 is 9.84 Å². The molecule has 1 rings (SSSR count). The van der Waals surface area contributed by atoms with Crippen LogP contribution >= 0.6 is 0 Å². The fourth-order valence-electron chi connectivity index (χ4n) is 2.97. The van der Waals surface area contributed by atoms with E-state index in [0.717, 1.165) is 25.7 Å². The molecule has 0 aliphatic heterocycles. The van der Waals surface area contributed by atoms with Crippen molar-refractivity contribution in [2.24, 2.45) is 5.92 Å². The first-order valence-electron chi connectivity index (χ1n) is 8.84. The molecule has 3 unspecified atom stereocenters.